The van der Waals surface area contributed by atoms with Crippen molar-refractivity contribution in [2.24, 2.45) is 0 Å². The van der Waals surface area contributed by atoms with Crippen molar-refractivity contribution in [2.45, 2.75) is 15.7 Å². The quantitative estimate of drug-likeness (QED) is 0.423. The van der Waals surface area contributed by atoms with Crippen LogP contribution < -0.4 is 15.1 Å². The summed E-state index contributed by atoms with van der Waals surface area (Å²) in [5, 5.41) is 0. The van der Waals surface area contributed by atoms with Crippen LogP contribution in [0.15, 0.2) is 24.3 Å². The fourth-order valence-electron chi connectivity index (χ4n) is 1.67. The first-order chi connectivity index (χ1) is 11.0. The summed E-state index contributed by atoms with van der Waals surface area (Å²) in [6.07, 6.45) is -8.64. The number of ether oxygens (including phenoxy) is 1. The molecule has 1 fully saturated rings. The molecule has 1 aliphatic heterocycles. The minimum Gasteiger partial charge on any atom is -0.428 e. The lowest BCUT2D eigenvalue weighted by Crippen LogP contribution is -2.33. The number of hydrogen-bond acceptors (Lipinski definition) is 4. The maximum absolute atomic E-state index is 12.9. The predicted octanol–water partition coefficient (Wildman–Crippen LogP) is 4.60. The molecular weight excluding hydrogens is 421 g/mol. The van der Waals surface area contributed by atoms with E-state index in [4.69, 9.17) is 34.8 Å². The number of alkyl halides is 7. The van der Waals surface area contributed by atoms with Crippen LogP contribution in [-0.4, -0.2) is 32.8 Å². The van der Waals surface area contributed by atoms with E-state index < -0.39 is 27.4 Å². The Morgan fingerprint density at radius 1 is 1.29 bits per heavy atom. The summed E-state index contributed by atoms with van der Waals surface area (Å²) >= 11 is 17.3. The molecule has 1 saturated heterocycles. The van der Waals surface area contributed by atoms with Crippen LogP contribution in [0.5, 0.6) is 5.75 Å². The van der Waals surface area contributed by atoms with E-state index in [0.717, 1.165) is 21.4 Å². The molecule has 2 rings (SSSR count). The zero-order chi connectivity index (χ0) is 18.1. The number of nitrogens with zero attached hydrogens (tertiary/aromatic N) is 2. The Bertz CT molecular complexity index is 620. The normalized spacial score (nSPS) is 16.2. The van der Waals surface area contributed by atoms with Gasteiger partial charge in [0.15, 0.2) is 0 Å². The van der Waals surface area contributed by atoms with Gasteiger partial charge in [-0.3, -0.25) is 4.90 Å². The Morgan fingerprint density at radius 3 is 2.54 bits per heavy atom. The van der Waals surface area contributed by atoms with Gasteiger partial charge in [0.25, 0.3) is 3.12 Å². The first-order valence-electron chi connectivity index (χ1n) is 6.05. The first-order valence-corrected chi connectivity index (χ1v) is 7.96. The summed E-state index contributed by atoms with van der Waals surface area (Å²) in [6, 6.07) is 4.09. The molecular formula is C11H8Cl3F4N3O2S. The first kappa shape index (κ1) is 19.5. The van der Waals surface area contributed by atoms with Crippen molar-refractivity contribution in [3.8, 4) is 5.75 Å². The van der Waals surface area contributed by atoms with E-state index in [-0.39, 0.29) is 12.4 Å². The van der Waals surface area contributed by atoms with Gasteiger partial charge < -0.3 is 4.74 Å². The number of halogens is 7. The van der Waals surface area contributed by atoms with Crippen molar-refractivity contribution < 1.29 is 27.1 Å². The molecule has 0 aromatic heterocycles. The second-order valence-electron chi connectivity index (χ2n) is 4.32. The highest BCUT2D eigenvalue weighted by Gasteiger charge is 2.44. The van der Waals surface area contributed by atoms with Crippen LogP contribution in [0.1, 0.15) is 0 Å². The average molecular weight is 429 g/mol. The molecule has 1 aliphatic rings. The van der Waals surface area contributed by atoms with Crippen molar-refractivity contribution in [2.75, 3.05) is 11.6 Å². The number of amides is 2. The fraction of sp³-hybridized carbons (Fsp3) is 0.364. The van der Waals surface area contributed by atoms with E-state index in [1.165, 1.54) is 12.1 Å². The van der Waals surface area contributed by atoms with Gasteiger partial charge in [-0.15, -0.1) is 0 Å². The van der Waals surface area contributed by atoms with Gasteiger partial charge in [-0.1, -0.05) is 40.9 Å². The van der Waals surface area contributed by atoms with Crippen molar-refractivity contribution in [1.82, 2.24) is 9.84 Å². The Kier molecular flexibility index (Phi) is 5.86. The average Bonchev–Trinajstić information content (AvgIpc) is 2.78. The van der Waals surface area contributed by atoms with Gasteiger partial charge in [-0.25, -0.2) is 4.79 Å². The van der Waals surface area contributed by atoms with E-state index in [9.17, 15) is 22.4 Å². The van der Waals surface area contributed by atoms with Crippen molar-refractivity contribution >= 4 is 58.5 Å². The Labute approximate surface area is 152 Å². The number of anilines is 1. The Hall–Kier alpha value is -0.810. The molecule has 0 spiro atoms. The van der Waals surface area contributed by atoms with Gasteiger partial charge in [-0.05, 0) is 12.1 Å². The number of nitrogens with one attached hydrogen (secondary N) is 1. The molecule has 24 heavy (non-hydrogen) atoms. The molecule has 2 amide bonds. The van der Waals surface area contributed by atoms with Gasteiger partial charge in [0, 0.05) is 18.0 Å². The fourth-order valence-corrected chi connectivity index (χ4v) is 2.80. The third-order valence-corrected chi connectivity index (χ3v) is 3.91. The third-order valence-electron chi connectivity index (χ3n) is 2.61. The number of hydrazine groups is 1. The minimum atomic E-state index is -4.65. The van der Waals surface area contributed by atoms with E-state index in [0.29, 0.717) is 11.9 Å². The summed E-state index contributed by atoms with van der Waals surface area (Å²) in [5.41, 5.74) is 2.74. The maximum atomic E-state index is 12.9. The molecule has 0 bridgehead atoms. The van der Waals surface area contributed by atoms with Gasteiger partial charge in [-0.2, -0.15) is 27.4 Å². The van der Waals surface area contributed by atoms with Crippen LogP contribution in [0.2, 0.25) is 0 Å². The largest absolute Gasteiger partial charge is 0.461 e. The molecule has 13 heteroatoms. The number of carbonyl (C=O) groups is 1. The van der Waals surface area contributed by atoms with Crippen LogP contribution in [-0.2, 0) is 0 Å². The summed E-state index contributed by atoms with van der Waals surface area (Å²) in [4.78, 5) is 13.3. The van der Waals surface area contributed by atoms with E-state index in [1.54, 1.807) is 0 Å². The number of rotatable bonds is 5. The highest BCUT2D eigenvalue weighted by Crippen LogP contribution is 2.42. The van der Waals surface area contributed by atoms with Crippen LogP contribution in [0.4, 0.5) is 28.0 Å². The van der Waals surface area contributed by atoms with E-state index >= 15 is 0 Å². The molecule has 1 N–H and O–H groups in total. The molecule has 0 atom stereocenters. The topological polar surface area (TPSA) is 44.8 Å². The number of hydrogen-bond donors (Lipinski definition) is 1. The van der Waals surface area contributed by atoms with Crippen molar-refractivity contribution in [1.29, 1.82) is 0 Å². The Morgan fingerprint density at radius 2 is 1.96 bits per heavy atom. The predicted molar refractivity (Wildman–Crippen MR) is 83.6 cm³/mol. The molecule has 1 aromatic rings. The van der Waals surface area contributed by atoms with Gasteiger partial charge in [0.1, 0.15) is 5.75 Å². The number of urea groups is 1. The molecule has 134 valence electrons. The molecule has 0 radical (unpaired) electrons. The SMILES string of the molecule is O=C1N(SC(Cl)(Cl)Cl)NCN1c1cccc(OC(F)(F)C(F)F)c1. The molecule has 0 saturated carbocycles. The second-order valence-corrected chi connectivity index (χ2v) is 8.43. The zero-order valence-electron chi connectivity index (χ0n) is 11.4. The highest BCUT2D eigenvalue weighted by atomic mass is 35.6. The van der Waals surface area contributed by atoms with Crippen LogP contribution in [0.3, 0.4) is 0 Å². The standard InChI is InChI=1S/C11H8Cl3F4N3O2S/c12-11(13,14)24-21-9(22)20(5-19-21)6-2-1-3-7(4-6)23-10(17,18)8(15)16/h1-4,8,19H,5H2. The van der Waals surface area contributed by atoms with Crippen molar-refractivity contribution in [3.05, 3.63) is 24.3 Å². The molecule has 0 aliphatic carbocycles. The second kappa shape index (κ2) is 7.20. The number of benzene rings is 1. The lowest BCUT2D eigenvalue weighted by Gasteiger charge is -2.20. The van der Waals surface area contributed by atoms with Gasteiger partial charge in [0.2, 0.25) is 0 Å². The van der Waals surface area contributed by atoms with Crippen LogP contribution in [0.25, 0.3) is 0 Å². The zero-order valence-corrected chi connectivity index (χ0v) is 14.4. The van der Waals surface area contributed by atoms with E-state index in [2.05, 4.69) is 10.2 Å². The molecule has 1 aromatic carbocycles. The van der Waals surface area contributed by atoms with Crippen molar-refractivity contribution in [3.63, 3.8) is 0 Å². The lowest BCUT2D eigenvalue weighted by atomic mass is 10.3. The highest BCUT2D eigenvalue weighted by molar-refractivity contribution is 8.03. The minimum absolute atomic E-state index is 0.0543. The lowest BCUT2D eigenvalue weighted by molar-refractivity contribution is -0.253. The summed E-state index contributed by atoms with van der Waals surface area (Å²) in [6.45, 7) is -0.0543. The monoisotopic (exact) mass is 427 g/mol. The molecule has 0 unspecified atom stereocenters. The number of carbonyl (C=O) groups excluding carboxylic acids is 1. The van der Waals surface area contributed by atoms with Crippen LogP contribution >= 0.6 is 46.8 Å². The molecule has 5 nitrogen and oxygen atoms in total. The van der Waals surface area contributed by atoms with Crippen LogP contribution in [0, 0.1) is 0 Å². The van der Waals surface area contributed by atoms with E-state index in [1.807, 2.05) is 0 Å². The smallest absolute Gasteiger partial charge is 0.428 e. The summed E-state index contributed by atoms with van der Waals surface area (Å²) < 4.78 is 53.4. The summed E-state index contributed by atoms with van der Waals surface area (Å²) in [7, 11) is 0. The molecule has 1 heterocycles. The third kappa shape index (κ3) is 4.85. The van der Waals surface area contributed by atoms with Gasteiger partial charge >= 0.3 is 18.6 Å². The van der Waals surface area contributed by atoms with Gasteiger partial charge in [0.05, 0.1) is 12.4 Å². The summed E-state index contributed by atoms with van der Waals surface area (Å²) in [5.74, 6) is -0.530. The maximum Gasteiger partial charge on any atom is 0.461 e. The Balaban J connectivity index is 2.13.